The number of carbonyl (C=O) groups excluding carboxylic acids is 1. The number of fused-ring (bicyclic) bond motifs is 1. The molecule has 0 amide bonds. The van der Waals surface area contributed by atoms with E-state index in [0.717, 1.165) is 24.4 Å². The molecule has 1 aromatic rings. The van der Waals surface area contributed by atoms with Gasteiger partial charge in [0.2, 0.25) is 0 Å². The van der Waals surface area contributed by atoms with Crippen LogP contribution in [-0.4, -0.2) is 36.6 Å². The van der Waals surface area contributed by atoms with Crippen molar-refractivity contribution in [2.45, 2.75) is 32.3 Å². The number of nitrogens with zero attached hydrogens (tertiary/aromatic N) is 1. The lowest BCUT2D eigenvalue weighted by Gasteiger charge is -2.33. The standard InChI is InChI=1S/C15H19NO4/c1-3-11-9-16(2)12-8-10(4-6-14(12)20-11)13(17)5-7-15(18)19/h4,6,8,11H,3,5,7,9H2,1-2H3,(H,18,19). The molecule has 0 saturated heterocycles. The lowest BCUT2D eigenvalue weighted by atomic mass is 10.0. The summed E-state index contributed by atoms with van der Waals surface area (Å²) in [6, 6.07) is 5.28. The molecule has 0 saturated carbocycles. The SMILES string of the molecule is CCC1CN(C)c2cc(C(=O)CCC(=O)O)ccc2O1. The first-order valence-corrected chi connectivity index (χ1v) is 6.78. The summed E-state index contributed by atoms with van der Waals surface area (Å²) in [6.07, 6.45) is 0.987. The Morgan fingerprint density at radius 1 is 1.40 bits per heavy atom. The van der Waals surface area contributed by atoms with Crippen LogP contribution >= 0.6 is 0 Å². The molecule has 5 heteroatoms. The molecule has 0 radical (unpaired) electrons. The minimum atomic E-state index is -0.956. The molecule has 1 unspecified atom stereocenters. The summed E-state index contributed by atoms with van der Waals surface area (Å²) < 4.78 is 5.84. The third-order valence-corrected chi connectivity index (χ3v) is 3.48. The molecule has 1 atom stereocenters. The predicted molar refractivity (Wildman–Crippen MR) is 75.6 cm³/mol. The fourth-order valence-corrected chi connectivity index (χ4v) is 2.29. The van der Waals surface area contributed by atoms with Gasteiger partial charge in [-0.05, 0) is 24.6 Å². The molecular weight excluding hydrogens is 258 g/mol. The average Bonchev–Trinajstić information content (AvgIpc) is 2.44. The van der Waals surface area contributed by atoms with Gasteiger partial charge in [0.05, 0.1) is 18.7 Å². The highest BCUT2D eigenvalue weighted by Gasteiger charge is 2.23. The van der Waals surface area contributed by atoms with Crippen molar-refractivity contribution in [3.63, 3.8) is 0 Å². The van der Waals surface area contributed by atoms with E-state index in [4.69, 9.17) is 9.84 Å². The molecule has 0 aromatic heterocycles. The van der Waals surface area contributed by atoms with Gasteiger partial charge >= 0.3 is 5.97 Å². The van der Waals surface area contributed by atoms with Gasteiger partial charge in [0, 0.05) is 19.0 Å². The Balaban J connectivity index is 2.17. The Kier molecular flexibility index (Phi) is 4.27. The topological polar surface area (TPSA) is 66.8 Å². The zero-order valence-electron chi connectivity index (χ0n) is 11.8. The van der Waals surface area contributed by atoms with Crippen LogP contribution in [0.25, 0.3) is 0 Å². The first kappa shape index (κ1) is 14.4. The maximum Gasteiger partial charge on any atom is 0.303 e. The van der Waals surface area contributed by atoms with Crippen molar-refractivity contribution < 1.29 is 19.4 Å². The van der Waals surface area contributed by atoms with Gasteiger partial charge in [0.25, 0.3) is 0 Å². The molecule has 0 aliphatic carbocycles. The van der Waals surface area contributed by atoms with Gasteiger partial charge < -0.3 is 14.7 Å². The minimum absolute atomic E-state index is 0.0241. The van der Waals surface area contributed by atoms with Crippen LogP contribution in [0.5, 0.6) is 5.75 Å². The summed E-state index contributed by atoms with van der Waals surface area (Å²) in [5.41, 5.74) is 1.42. The molecule has 1 aliphatic rings. The molecule has 0 fully saturated rings. The van der Waals surface area contributed by atoms with Crippen LogP contribution < -0.4 is 9.64 Å². The maximum absolute atomic E-state index is 11.9. The zero-order valence-corrected chi connectivity index (χ0v) is 11.8. The summed E-state index contributed by atoms with van der Waals surface area (Å²) in [4.78, 5) is 24.5. The molecule has 2 rings (SSSR count). The number of ketones is 1. The summed E-state index contributed by atoms with van der Waals surface area (Å²) in [6.45, 7) is 2.86. The molecule has 0 spiro atoms. The highest BCUT2D eigenvalue weighted by Crippen LogP contribution is 2.34. The number of benzene rings is 1. The summed E-state index contributed by atoms with van der Waals surface area (Å²) in [5.74, 6) is -0.329. The second-order valence-corrected chi connectivity index (χ2v) is 5.03. The predicted octanol–water partition coefficient (Wildman–Crippen LogP) is 2.34. The van der Waals surface area contributed by atoms with E-state index in [1.54, 1.807) is 18.2 Å². The van der Waals surface area contributed by atoms with E-state index in [1.165, 1.54) is 0 Å². The van der Waals surface area contributed by atoms with Crippen LogP contribution in [0.1, 0.15) is 36.5 Å². The fraction of sp³-hybridized carbons (Fsp3) is 0.467. The molecule has 1 N–H and O–H groups in total. The van der Waals surface area contributed by atoms with Gasteiger partial charge in [0.15, 0.2) is 5.78 Å². The Labute approximate surface area is 118 Å². The van der Waals surface area contributed by atoms with Crippen molar-refractivity contribution >= 4 is 17.4 Å². The first-order valence-electron chi connectivity index (χ1n) is 6.78. The van der Waals surface area contributed by atoms with E-state index in [9.17, 15) is 9.59 Å². The van der Waals surface area contributed by atoms with E-state index in [-0.39, 0.29) is 24.7 Å². The number of hydrogen-bond donors (Lipinski definition) is 1. The molecule has 5 nitrogen and oxygen atoms in total. The number of likely N-dealkylation sites (N-methyl/N-ethyl adjacent to an activating group) is 1. The van der Waals surface area contributed by atoms with Crippen molar-refractivity contribution in [1.29, 1.82) is 0 Å². The Morgan fingerprint density at radius 3 is 2.80 bits per heavy atom. The quantitative estimate of drug-likeness (QED) is 0.837. The van der Waals surface area contributed by atoms with Crippen molar-refractivity contribution in [1.82, 2.24) is 0 Å². The van der Waals surface area contributed by atoms with Crippen LogP contribution in [0.3, 0.4) is 0 Å². The van der Waals surface area contributed by atoms with E-state index in [1.807, 2.05) is 7.05 Å². The third kappa shape index (κ3) is 3.10. The van der Waals surface area contributed by atoms with Gasteiger partial charge in [-0.25, -0.2) is 0 Å². The summed E-state index contributed by atoms with van der Waals surface area (Å²) in [5, 5.41) is 8.62. The van der Waals surface area contributed by atoms with Crippen molar-refractivity contribution in [2.75, 3.05) is 18.5 Å². The van der Waals surface area contributed by atoms with Crippen LogP contribution in [0.4, 0.5) is 5.69 Å². The zero-order chi connectivity index (χ0) is 14.7. The average molecular weight is 277 g/mol. The van der Waals surface area contributed by atoms with Gasteiger partial charge in [0.1, 0.15) is 11.9 Å². The second kappa shape index (κ2) is 5.94. The van der Waals surface area contributed by atoms with Gasteiger partial charge in [-0.3, -0.25) is 9.59 Å². The number of aliphatic carboxylic acids is 1. The van der Waals surface area contributed by atoms with E-state index in [0.29, 0.717) is 5.56 Å². The largest absolute Gasteiger partial charge is 0.486 e. The minimum Gasteiger partial charge on any atom is -0.486 e. The van der Waals surface area contributed by atoms with Crippen LogP contribution in [0.2, 0.25) is 0 Å². The second-order valence-electron chi connectivity index (χ2n) is 5.03. The fourth-order valence-electron chi connectivity index (χ4n) is 2.29. The van der Waals surface area contributed by atoms with Gasteiger partial charge in [-0.15, -0.1) is 0 Å². The Morgan fingerprint density at radius 2 is 2.15 bits per heavy atom. The number of carbonyl (C=O) groups is 2. The van der Waals surface area contributed by atoms with E-state index < -0.39 is 5.97 Å². The monoisotopic (exact) mass is 277 g/mol. The molecule has 20 heavy (non-hydrogen) atoms. The number of hydrogen-bond acceptors (Lipinski definition) is 4. The molecular formula is C15H19NO4. The summed E-state index contributed by atoms with van der Waals surface area (Å²) in [7, 11) is 1.97. The van der Waals surface area contributed by atoms with Crippen LogP contribution in [0.15, 0.2) is 18.2 Å². The molecule has 108 valence electrons. The Bertz CT molecular complexity index is 527. The van der Waals surface area contributed by atoms with E-state index in [2.05, 4.69) is 11.8 Å². The number of carboxylic acid groups (broad SMARTS) is 1. The normalized spacial score (nSPS) is 17.3. The first-order chi connectivity index (χ1) is 9.51. The van der Waals surface area contributed by atoms with E-state index >= 15 is 0 Å². The number of rotatable bonds is 5. The lowest BCUT2D eigenvalue weighted by Crippen LogP contribution is -2.37. The molecule has 1 aliphatic heterocycles. The third-order valence-electron chi connectivity index (χ3n) is 3.48. The molecule has 1 aromatic carbocycles. The number of Topliss-reactive ketones (excluding diaryl/α,β-unsaturated/α-hetero) is 1. The number of carboxylic acids is 1. The number of anilines is 1. The van der Waals surface area contributed by atoms with Crippen molar-refractivity contribution in [3.8, 4) is 5.75 Å². The van der Waals surface area contributed by atoms with Gasteiger partial charge in [-0.1, -0.05) is 6.92 Å². The maximum atomic E-state index is 11.9. The lowest BCUT2D eigenvalue weighted by molar-refractivity contribution is -0.136. The molecule has 0 bridgehead atoms. The van der Waals surface area contributed by atoms with Crippen molar-refractivity contribution in [2.24, 2.45) is 0 Å². The van der Waals surface area contributed by atoms with Crippen LogP contribution in [-0.2, 0) is 4.79 Å². The number of ether oxygens (including phenoxy) is 1. The van der Waals surface area contributed by atoms with Gasteiger partial charge in [-0.2, -0.15) is 0 Å². The smallest absolute Gasteiger partial charge is 0.303 e. The Hall–Kier alpha value is -2.04. The summed E-state index contributed by atoms with van der Waals surface area (Å²) >= 11 is 0. The highest BCUT2D eigenvalue weighted by atomic mass is 16.5. The highest BCUT2D eigenvalue weighted by molar-refractivity contribution is 5.98. The molecule has 1 heterocycles. The van der Waals surface area contributed by atoms with Crippen molar-refractivity contribution in [3.05, 3.63) is 23.8 Å². The van der Waals surface area contributed by atoms with Crippen LogP contribution in [0, 0.1) is 0 Å².